The summed E-state index contributed by atoms with van der Waals surface area (Å²) in [6.45, 7) is 0. The molecule has 0 aliphatic carbocycles. The minimum absolute atomic E-state index is 0.172. The third-order valence-electron chi connectivity index (χ3n) is 1.49. The third kappa shape index (κ3) is 1.29. The number of fused-ring (bicyclic) bond motifs is 1. The van der Waals surface area contributed by atoms with Crippen LogP contribution in [-0.2, 0) is 0 Å². The molecule has 0 spiro atoms. The lowest BCUT2D eigenvalue weighted by Crippen LogP contribution is -2.03. The van der Waals surface area contributed by atoms with Crippen LogP contribution in [0.2, 0.25) is 0 Å². The normalized spacial score (nSPS) is 14.5. The molecule has 0 amide bonds. The van der Waals surface area contributed by atoms with E-state index in [1.807, 2.05) is 12.1 Å². The number of rotatable bonds is 1. The molecule has 0 saturated heterocycles. The molecular weight excluding hydrogens is 271 g/mol. The van der Waals surface area contributed by atoms with Crippen LogP contribution in [0.25, 0.3) is 0 Å². The fraction of sp³-hybridized carbons (Fsp3) is 0.143. The summed E-state index contributed by atoms with van der Waals surface area (Å²) in [6, 6.07) is 8.22. The van der Waals surface area contributed by atoms with Gasteiger partial charge in [0.2, 0.25) is 0 Å². The predicted octanol–water partition coefficient (Wildman–Crippen LogP) is 3.09. The Kier molecular flexibility index (Phi) is 2.13. The van der Waals surface area contributed by atoms with E-state index in [1.165, 1.54) is 5.69 Å². The number of nitrogens with zero attached hydrogens (tertiary/aromatic N) is 2. The molecule has 2 nitrogen and oxygen atoms in total. The number of hydrogen-bond acceptors (Lipinski definition) is 3. The molecule has 0 fully saturated rings. The Morgan fingerprint density at radius 2 is 2.27 bits per heavy atom. The highest BCUT2D eigenvalue weighted by Gasteiger charge is 2.12. The molecule has 2 rings (SSSR count). The van der Waals surface area contributed by atoms with E-state index >= 15 is 0 Å². The first-order chi connectivity index (χ1) is 5.42. The number of halogens is 1. The zero-order valence-electron chi connectivity index (χ0n) is 5.74. The molecule has 1 aromatic rings. The van der Waals surface area contributed by atoms with Crippen LogP contribution >= 0.6 is 33.9 Å². The number of benzene rings is 1. The first-order valence-electron chi connectivity index (χ1n) is 3.25. The second-order valence-corrected chi connectivity index (χ2v) is 4.51. The smallest absolute Gasteiger partial charge is 0.122 e. The zero-order valence-corrected chi connectivity index (χ0v) is 8.79. The van der Waals surface area contributed by atoms with Crippen LogP contribution in [0.15, 0.2) is 27.4 Å². The summed E-state index contributed by atoms with van der Waals surface area (Å²) >= 11 is 4.06. The standard InChI is InChI=1S/C7H7IN2S/c11-5-10-7-4-2-1-3-6(7)9-8-10/h1-4,11H,5H2. The summed E-state index contributed by atoms with van der Waals surface area (Å²) in [5.41, 5.74) is 2.38. The Balaban J connectivity index is 2.46. The van der Waals surface area contributed by atoms with Crippen molar-refractivity contribution in [1.29, 1.82) is 0 Å². The molecule has 0 unspecified atom stereocenters. The van der Waals surface area contributed by atoms with Crippen LogP contribution in [0.1, 0.15) is 0 Å². The van der Waals surface area contributed by atoms with Crippen LogP contribution in [-0.4, -0.2) is 5.88 Å². The van der Waals surface area contributed by atoms with Crippen LogP contribution in [0.4, 0.5) is 11.4 Å². The Labute approximate surface area is 81.5 Å². The molecule has 4 heteroatoms. The molecule has 0 radical (unpaired) electrons. The molecule has 0 atom stereocenters. The van der Waals surface area contributed by atoms with Gasteiger partial charge in [-0.1, -0.05) is 12.1 Å². The van der Waals surface area contributed by atoms with E-state index in [2.05, 4.69) is 31.0 Å². The van der Waals surface area contributed by atoms with Gasteiger partial charge in [-0.2, -0.15) is 12.6 Å². The summed E-state index contributed by atoms with van der Waals surface area (Å²) < 4.78 is 6.67. The van der Waals surface area contributed by atoms with E-state index in [1.54, 1.807) is 0 Å². The van der Waals surface area contributed by atoms with E-state index in [0.717, 1.165) is 11.6 Å². The van der Waals surface area contributed by atoms with Crippen molar-refractivity contribution in [2.75, 3.05) is 8.99 Å². The van der Waals surface area contributed by atoms with Gasteiger partial charge < -0.3 is 0 Å². The van der Waals surface area contributed by atoms with Crippen molar-refractivity contribution in [3.8, 4) is 0 Å². The summed E-state index contributed by atoms with van der Waals surface area (Å²) in [6.07, 6.45) is 0. The fourth-order valence-electron chi connectivity index (χ4n) is 0.968. The highest BCUT2D eigenvalue weighted by molar-refractivity contribution is 14.2. The number of para-hydroxylation sites is 1. The Bertz CT molecular complexity index is 300. The predicted molar refractivity (Wildman–Crippen MR) is 58.9 cm³/mol. The first kappa shape index (κ1) is 7.54. The molecule has 0 bridgehead atoms. The minimum atomic E-state index is -0.172. The Morgan fingerprint density at radius 1 is 1.45 bits per heavy atom. The van der Waals surface area contributed by atoms with Gasteiger partial charge in [-0.15, -0.1) is 0 Å². The van der Waals surface area contributed by atoms with Crippen LogP contribution in [0, 0.1) is 0 Å². The summed E-state index contributed by atoms with van der Waals surface area (Å²) in [5.74, 6) is 0.786. The van der Waals surface area contributed by atoms with Gasteiger partial charge in [0.25, 0.3) is 0 Å². The lowest BCUT2D eigenvalue weighted by atomic mass is 10.3. The lowest BCUT2D eigenvalue weighted by Gasteiger charge is -2.09. The molecule has 0 saturated carbocycles. The van der Waals surface area contributed by atoms with Gasteiger partial charge in [0.05, 0.1) is 17.3 Å². The van der Waals surface area contributed by atoms with Crippen molar-refractivity contribution in [3.05, 3.63) is 24.3 Å². The lowest BCUT2D eigenvalue weighted by molar-refractivity contribution is 1.37. The average molecular weight is 278 g/mol. The fourth-order valence-corrected chi connectivity index (χ4v) is 3.12. The average Bonchev–Trinajstić information content (AvgIpc) is 2.47. The zero-order chi connectivity index (χ0) is 7.68. The summed E-state index contributed by atoms with van der Waals surface area (Å²) in [4.78, 5) is 0. The number of hydrogen-bond donors (Lipinski definition) is 1. The van der Waals surface area contributed by atoms with Gasteiger partial charge in [0, 0.05) is 0 Å². The van der Waals surface area contributed by atoms with Crippen molar-refractivity contribution >= 4 is 45.3 Å². The molecule has 0 N–H and O–H groups in total. The van der Waals surface area contributed by atoms with E-state index < -0.39 is 0 Å². The molecule has 58 valence electrons. The van der Waals surface area contributed by atoms with Gasteiger partial charge in [-0.25, -0.2) is 3.15 Å². The van der Waals surface area contributed by atoms with Gasteiger partial charge >= 0.3 is 0 Å². The van der Waals surface area contributed by atoms with E-state index in [9.17, 15) is 0 Å². The molecule has 1 aliphatic rings. The number of anilines is 1. The van der Waals surface area contributed by atoms with Gasteiger partial charge in [0.1, 0.15) is 21.3 Å². The monoisotopic (exact) mass is 278 g/mol. The SMILES string of the molecule is SCN1I=Nc2ccccc21. The topological polar surface area (TPSA) is 15.6 Å². The van der Waals surface area contributed by atoms with Gasteiger partial charge in [-0.3, -0.25) is 3.11 Å². The Morgan fingerprint density at radius 3 is 3.09 bits per heavy atom. The maximum atomic E-state index is 4.44. The second kappa shape index (κ2) is 3.10. The molecule has 11 heavy (non-hydrogen) atoms. The van der Waals surface area contributed by atoms with E-state index in [-0.39, 0.29) is 21.3 Å². The van der Waals surface area contributed by atoms with Crippen LogP contribution in [0.5, 0.6) is 0 Å². The van der Waals surface area contributed by atoms with Crippen molar-refractivity contribution < 1.29 is 0 Å². The van der Waals surface area contributed by atoms with Gasteiger partial charge in [0.15, 0.2) is 0 Å². The maximum absolute atomic E-state index is 4.44. The van der Waals surface area contributed by atoms with E-state index in [4.69, 9.17) is 0 Å². The molecule has 1 aromatic carbocycles. The minimum Gasteiger partial charge on any atom is -0.294 e. The van der Waals surface area contributed by atoms with E-state index in [0.29, 0.717) is 0 Å². The molecule has 1 heterocycles. The van der Waals surface area contributed by atoms with Crippen LogP contribution < -0.4 is 3.11 Å². The quantitative estimate of drug-likeness (QED) is 0.474. The van der Waals surface area contributed by atoms with Crippen molar-refractivity contribution in [2.24, 2.45) is 3.15 Å². The Hall–Kier alpha value is -0.100. The van der Waals surface area contributed by atoms with Crippen molar-refractivity contribution in [3.63, 3.8) is 0 Å². The molecule has 0 aromatic heterocycles. The maximum Gasteiger partial charge on any atom is 0.122 e. The first-order valence-corrected chi connectivity index (χ1v) is 5.81. The highest BCUT2D eigenvalue weighted by Crippen LogP contribution is 2.41. The van der Waals surface area contributed by atoms with Crippen molar-refractivity contribution in [1.82, 2.24) is 0 Å². The summed E-state index contributed by atoms with van der Waals surface area (Å²) in [5, 5.41) is 0. The highest BCUT2D eigenvalue weighted by atomic mass is 127. The second-order valence-electron chi connectivity index (χ2n) is 2.15. The number of thiol groups is 1. The largest absolute Gasteiger partial charge is 0.294 e. The molecular formula is C7H7IN2S. The summed E-state index contributed by atoms with van der Waals surface area (Å²) in [7, 11) is 0. The van der Waals surface area contributed by atoms with Crippen LogP contribution in [0.3, 0.4) is 0 Å². The molecule has 1 aliphatic heterocycles. The van der Waals surface area contributed by atoms with Crippen molar-refractivity contribution in [2.45, 2.75) is 0 Å². The van der Waals surface area contributed by atoms with Gasteiger partial charge in [-0.05, 0) is 12.1 Å². The third-order valence-corrected chi connectivity index (χ3v) is 4.43.